The van der Waals surface area contributed by atoms with Crippen molar-refractivity contribution < 1.29 is 0 Å². The third-order valence-corrected chi connectivity index (χ3v) is 2.66. The van der Waals surface area contributed by atoms with Crippen molar-refractivity contribution in [1.82, 2.24) is 5.32 Å². The topological polar surface area (TPSA) is 12.0 Å². The van der Waals surface area contributed by atoms with E-state index in [9.17, 15) is 0 Å². The van der Waals surface area contributed by atoms with E-state index in [0.29, 0.717) is 0 Å². The van der Waals surface area contributed by atoms with E-state index < -0.39 is 0 Å². The minimum atomic E-state index is 0.743. The molecule has 0 aromatic heterocycles. The Kier molecular flexibility index (Phi) is 2.94. The van der Waals surface area contributed by atoms with E-state index in [1.54, 1.807) is 0 Å². The fourth-order valence-corrected chi connectivity index (χ4v) is 1.62. The Morgan fingerprint density at radius 1 is 1.36 bits per heavy atom. The molecule has 66 valence electrons. The van der Waals surface area contributed by atoms with Crippen LogP contribution in [0.2, 0.25) is 0 Å². The van der Waals surface area contributed by atoms with Crippen LogP contribution in [0.15, 0.2) is 0 Å². The predicted octanol–water partition coefficient (Wildman–Crippen LogP) is 2.28. The van der Waals surface area contributed by atoms with Gasteiger partial charge in [0.25, 0.3) is 0 Å². The van der Waals surface area contributed by atoms with Crippen LogP contribution < -0.4 is 5.32 Å². The van der Waals surface area contributed by atoms with Crippen LogP contribution in [0, 0.1) is 17.8 Å². The maximum absolute atomic E-state index is 3.57. The molecule has 1 nitrogen and oxygen atoms in total. The molecule has 3 unspecified atom stereocenters. The molecule has 1 heteroatoms. The Morgan fingerprint density at radius 3 is 2.27 bits per heavy atom. The second kappa shape index (κ2) is 3.57. The standard InChI is InChI=1S/C10H21N/c1-7(2)6-11-9(4)10-5-8(10)3/h7-11H,5-6H2,1-4H3. The summed E-state index contributed by atoms with van der Waals surface area (Å²) in [5, 5.41) is 3.57. The zero-order chi connectivity index (χ0) is 8.43. The highest BCUT2D eigenvalue weighted by Gasteiger charge is 2.36. The molecule has 0 aromatic carbocycles. The van der Waals surface area contributed by atoms with Crippen LogP contribution >= 0.6 is 0 Å². The van der Waals surface area contributed by atoms with Crippen molar-refractivity contribution >= 4 is 0 Å². The summed E-state index contributed by atoms with van der Waals surface area (Å²) in [6.45, 7) is 10.4. The smallest absolute Gasteiger partial charge is 0.00697 e. The molecule has 0 saturated heterocycles. The molecule has 0 aliphatic heterocycles. The molecular formula is C10H21N. The van der Waals surface area contributed by atoms with Gasteiger partial charge in [-0.1, -0.05) is 20.8 Å². The lowest BCUT2D eigenvalue weighted by Crippen LogP contribution is -2.31. The minimum Gasteiger partial charge on any atom is -0.314 e. The van der Waals surface area contributed by atoms with Crippen molar-refractivity contribution in [2.75, 3.05) is 6.54 Å². The minimum absolute atomic E-state index is 0.743. The molecular weight excluding hydrogens is 134 g/mol. The summed E-state index contributed by atoms with van der Waals surface area (Å²) in [5.74, 6) is 2.73. The molecule has 11 heavy (non-hydrogen) atoms. The Bertz CT molecular complexity index is 120. The quantitative estimate of drug-likeness (QED) is 0.656. The maximum atomic E-state index is 3.57. The van der Waals surface area contributed by atoms with Gasteiger partial charge in [0.05, 0.1) is 0 Å². The van der Waals surface area contributed by atoms with Gasteiger partial charge in [-0.25, -0.2) is 0 Å². The van der Waals surface area contributed by atoms with Crippen LogP contribution in [0.1, 0.15) is 34.1 Å². The van der Waals surface area contributed by atoms with Gasteiger partial charge in [0.1, 0.15) is 0 Å². The van der Waals surface area contributed by atoms with E-state index in [1.165, 1.54) is 13.0 Å². The van der Waals surface area contributed by atoms with Gasteiger partial charge in [-0.05, 0) is 37.6 Å². The fraction of sp³-hybridized carbons (Fsp3) is 1.00. The molecule has 1 fully saturated rings. The van der Waals surface area contributed by atoms with Gasteiger partial charge in [0.2, 0.25) is 0 Å². The molecule has 3 atom stereocenters. The first kappa shape index (κ1) is 9.05. The van der Waals surface area contributed by atoms with E-state index >= 15 is 0 Å². The lowest BCUT2D eigenvalue weighted by atomic mass is 10.1. The van der Waals surface area contributed by atoms with Crippen molar-refractivity contribution in [2.45, 2.75) is 40.2 Å². The van der Waals surface area contributed by atoms with Crippen LogP contribution in [0.25, 0.3) is 0 Å². The van der Waals surface area contributed by atoms with Gasteiger partial charge in [-0.15, -0.1) is 0 Å². The van der Waals surface area contributed by atoms with Crippen molar-refractivity contribution in [3.8, 4) is 0 Å². The highest BCUT2D eigenvalue weighted by Crippen LogP contribution is 2.40. The van der Waals surface area contributed by atoms with Crippen molar-refractivity contribution in [3.05, 3.63) is 0 Å². The summed E-state index contributed by atoms with van der Waals surface area (Å²) in [4.78, 5) is 0. The number of hydrogen-bond donors (Lipinski definition) is 1. The average molecular weight is 155 g/mol. The van der Waals surface area contributed by atoms with Gasteiger partial charge in [0.15, 0.2) is 0 Å². The van der Waals surface area contributed by atoms with Crippen LogP contribution in [0.5, 0.6) is 0 Å². The first-order chi connectivity index (χ1) is 5.11. The molecule has 0 bridgehead atoms. The van der Waals surface area contributed by atoms with E-state index in [0.717, 1.165) is 23.8 Å². The van der Waals surface area contributed by atoms with Gasteiger partial charge in [-0.3, -0.25) is 0 Å². The SMILES string of the molecule is CC(C)CNC(C)C1CC1C. The predicted molar refractivity (Wildman–Crippen MR) is 49.6 cm³/mol. The molecule has 1 N–H and O–H groups in total. The lowest BCUT2D eigenvalue weighted by Gasteiger charge is -2.14. The summed E-state index contributed by atoms with van der Waals surface area (Å²) in [6, 6.07) is 0.743. The summed E-state index contributed by atoms with van der Waals surface area (Å²) in [5.41, 5.74) is 0. The van der Waals surface area contributed by atoms with Gasteiger partial charge in [0, 0.05) is 6.04 Å². The molecule has 0 amide bonds. The van der Waals surface area contributed by atoms with E-state index in [1.807, 2.05) is 0 Å². The van der Waals surface area contributed by atoms with Crippen molar-refractivity contribution in [3.63, 3.8) is 0 Å². The third kappa shape index (κ3) is 2.82. The second-order valence-electron chi connectivity index (χ2n) is 4.47. The Labute approximate surface area is 70.6 Å². The monoisotopic (exact) mass is 155 g/mol. The molecule has 1 rings (SSSR count). The third-order valence-electron chi connectivity index (χ3n) is 2.66. The number of hydrogen-bond acceptors (Lipinski definition) is 1. The Hall–Kier alpha value is -0.0400. The van der Waals surface area contributed by atoms with Gasteiger partial charge >= 0.3 is 0 Å². The second-order valence-corrected chi connectivity index (χ2v) is 4.47. The number of rotatable bonds is 4. The van der Waals surface area contributed by atoms with Crippen LogP contribution in [0.4, 0.5) is 0 Å². The van der Waals surface area contributed by atoms with E-state index in [-0.39, 0.29) is 0 Å². The van der Waals surface area contributed by atoms with Gasteiger partial charge in [-0.2, -0.15) is 0 Å². The first-order valence-corrected chi connectivity index (χ1v) is 4.84. The van der Waals surface area contributed by atoms with Crippen molar-refractivity contribution in [2.24, 2.45) is 17.8 Å². The van der Waals surface area contributed by atoms with Gasteiger partial charge < -0.3 is 5.32 Å². The average Bonchev–Trinajstić information content (AvgIpc) is 2.61. The van der Waals surface area contributed by atoms with Crippen LogP contribution in [-0.2, 0) is 0 Å². The van der Waals surface area contributed by atoms with Crippen molar-refractivity contribution in [1.29, 1.82) is 0 Å². The molecule has 0 aromatic rings. The van der Waals surface area contributed by atoms with Crippen LogP contribution in [0.3, 0.4) is 0 Å². The highest BCUT2D eigenvalue weighted by atomic mass is 14.9. The summed E-state index contributed by atoms with van der Waals surface area (Å²) < 4.78 is 0. The summed E-state index contributed by atoms with van der Waals surface area (Å²) >= 11 is 0. The Balaban J connectivity index is 2.07. The van der Waals surface area contributed by atoms with E-state index in [2.05, 4.69) is 33.0 Å². The summed E-state index contributed by atoms with van der Waals surface area (Å²) in [6.07, 6.45) is 1.44. The highest BCUT2D eigenvalue weighted by molar-refractivity contribution is 4.89. The molecule has 1 aliphatic carbocycles. The fourth-order valence-electron chi connectivity index (χ4n) is 1.62. The molecule has 0 spiro atoms. The molecule has 0 radical (unpaired) electrons. The maximum Gasteiger partial charge on any atom is 0.00697 e. The Morgan fingerprint density at radius 2 is 1.91 bits per heavy atom. The zero-order valence-electron chi connectivity index (χ0n) is 8.22. The normalized spacial score (nSPS) is 32.5. The molecule has 1 aliphatic rings. The number of nitrogens with one attached hydrogen (secondary N) is 1. The lowest BCUT2D eigenvalue weighted by molar-refractivity contribution is 0.439. The molecule has 0 heterocycles. The zero-order valence-corrected chi connectivity index (χ0v) is 8.22. The molecule has 1 saturated carbocycles. The van der Waals surface area contributed by atoms with Crippen LogP contribution in [-0.4, -0.2) is 12.6 Å². The largest absolute Gasteiger partial charge is 0.314 e. The first-order valence-electron chi connectivity index (χ1n) is 4.84. The van der Waals surface area contributed by atoms with E-state index in [4.69, 9.17) is 0 Å². The summed E-state index contributed by atoms with van der Waals surface area (Å²) in [7, 11) is 0.